The molecule has 2 amide bonds. The number of anilines is 1. The summed E-state index contributed by atoms with van der Waals surface area (Å²) in [5.74, 6) is -3.65. The van der Waals surface area contributed by atoms with E-state index in [-0.39, 0.29) is 12.1 Å². The van der Waals surface area contributed by atoms with E-state index in [1.165, 1.54) is 0 Å². The fraction of sp³-hybridized carbons (Fsp3) is 0.192. The van der Waals surface area contributed by atoms with Crippen LogP contribution in [0.3, 0.4) is 0 Å². The Bertz CT molecular complexity index is 1090. The zero-order chi connectivity index (χ0) is 25.8. The second-order valence-corrected chi connectivity index (χ2v) is 8.28. The molecule has 184 valence electrons. The minimum Gasteiger partial charge on any atom is -0.473 e. The number of nitrogens with one attached hydrogen (secondary N) is 2. The molecule has 0 aliphatic heterocycles. The van der Waals surface area contributed by atoms with Crippen LogP contribution in [-0.4, -0.2) is 53.7 Å². The SMILES string of the molecule is CN(C)CCC(NC(=O)Nc1ccc(-c2ccccc2)cc1)c1ccc(Cl)cc1.O=C(O)C(=O)O. The normalized spacial score (nSPS) is 11.1. The Morgan fingerprint density at radius 2 is 1.37 bits per heavy atom. The molecule has 8 nitrogen and oxygen atoms in total. The molecule has 0 bridgehead atoms. The summed E-state index contributed by atoms with van der Waals surface area (Å²) in [7, 11) is 4.04. The Hall–Kier alpha value is -3.88. The molecule has 0 aliphatic rings. The molecule has 3 rings (SSSR count). The summed E-state index contributed by atoms with van der Waals surface area (Å²) in [5.41, 5.74) is 4.05. The van der Waals surface area contributed by atoms with Crippen LogP contribution in [0.5, 0.6) is 0 Å². The van der Waals surface area contributed by atoms with Crippen molar-refractivity contribution in [3.63, 3.8) is 0 Å². The van der Waals surface area contributed by atoms with E-state index in [0.717, 1.165) is 35.3 Å². The number of urea groups is 1. The number of carboxylic acid groups (broad SMARTS) is 2. The second-order valence-electron chi connectivity index (χ2n) is 7.85. The van der Waals surface area contributed by atoms with E-state index in [4.69, 9.17) is 31.4 Å². The molecule has 3 aromatic rings. The average Bonchev–Trinajstić information content (AvgIpc) is 2.83. The first-order valence-corrected chi connectivity index (χ1v) is 11.1. The summed E-state index contributed by atoms with van der Waals surface area (Å²) in [6, 6.07) is 25.3. The summed E-state index contributed by atoms with van der Waals surface area (Å²) in [5, 5.41) is 21.5. The summed E-state index contributed by atoms with van der Waals surface area (Å²) < 4.78 is 0. The Morgan fingerprint density at radius 3 is 1.89 bits per heavy atom. The van der Waals surface area contributed by atoms with Gasteiger partial charge < -0.3 is 25.7 Å². The van der Waals surface area contributed by atoms with Crippen LogP contribution in [0.25, 0.3) is 11.1 Å². The number of carboxylic acids is 2. The fourth-order valence-corrected chi connectivity index (χ4v) is 3.23. The zero-order valence-electron chi connectivity index (χ0n) is 19.4. The smallest absolute Gasteiger partial charge is 0.414 e. The third-order valence-corrected chi connectivity index (χ3v) is 5.13. The lowest BCUT2D eigenvalue weighted by atomic mass is 10.0. The van der Waals surface area contributed by atoms with Gasteiger partial charge in [-0.2, -0.15) is 0 Å². The Labute approximate surface area is 209 Å². The third kappa shape index (κ3) is 9.87. The van der Waals surface area contributed by atoms with Gasteiger partial charge in [0.25, 0.3) is 0 Å². The highest BCUT2D eigenvalue weighted by atomic mass is 35.5. The minimum absolute atomic E-state index is 0.0988. The van der Waals surface area contributed by atoms with Crippen LogP contribution in [0.1, 0.15) is 18.0 Å². The van der Waals surface area contributed by atoms with Crippen molar-refractivity contribution in [2.75, 3.05) is 26.0 Å². The van der Waals surface area contributed by atoms with Crippen molar-refractivity contribution in [3.8, 4) is 11.1 Å². The molecule has 0 aliphatic carbocycles. The molecule has 1 unspecified atom stereocenters. The number of benzene rings is 3. The van der Waals surface area contributed by atoms with Crippen LogP contribution in [0.2, 0.25) is 5.02 Å². The van der Waals surface area contributed by atoms with Gasteiger partial charge in [0.05, 0.1) is 6.04 Å². The van der Waals surface area contributed by atoms with Crippen molar-refractivity contribution in [2.24, 2.45) is 0 Å². The van der Waals surface area contributed by atoms with Crippen molar-refractivity contribution >= 4 is 35.3 Å². The number of nitrogens with zero attached hydrogens (tertiary/aromatic N) is 1. The molecule has 0 spiro atoms. The molecule has 0 radical (unpaired) electrons. The topological polar surface area (TPSA) is 119 Å². The fourth-order valence-electron chi connectivity index (χ4n) is 3.11. The average molecular weight is 498 g/mol. The van der Waals surface area contributed by atoms with E-state index in [0.29, 0.717) is 5.02 Å². The van der Waals surface area contributed by atoms with Crippen LogP contribution in [0.4, 0.5) is 10.5 Å². The van der Waals surface area contributed by atoms with Crippen LogP contribution in [0, 0.1) is 0 Å². The summed E-state index contributed by atoms with van der Waals surface area (Å²) >= 11 is 6.01. The van der Waals surface area contributed by atoms with Crippen LogP contribution >= 0.6 is 11.6 Å². The first-order valence-electron chi connectivity index (χ1n) is 10.7. The van der Waals surface area contributed by atoms with E-state index < -0.39 is 11.9 Å². The van der Waals surface area contributed by atoms with Crippen molar-refractivity contribution in [1.82, 2.24) is 10.2 Å². The zero-order valence-corrected chi connectivity index (χ0v) is 20.2. The van der Waals surface area contributed by atoms with Gasteiger partial charge in [-0.3, -0.25) is 0 Å². The Kier molecular flexibility index (Phi) is 10.7. The number of carbonyl (C=O) groups excluding carboxylic acids is 1. The molecular formula is C26H28ClN3O5. The van der Waals surface area contributed by atoms with E-state index in [2.05, 4.69) is 27.7 Å². The third-order valence-electron chi connectivity index (χ3n) is 4.88. The Balaban J connectivity index is 0.000000641. The predicted molar refractivity (Wildman–Crippen MR) is 137 cm³/mol. The van der Waals surface area contributed by atoms with Crippen molar-refractivity contribution in [2.45, 2.75) is 12.5 Å². The standard InChI is InChI=1S/C24H26ClN3O.C2H2O4/c1-28(2)17-16-23(20-8-12-21(25)13-9-20)27-24(29)26-22-14-10-19(11-15-22)18-6-4-3-5-7-18;3-1(4)2(5)6/h3-15,23H,16-17H2,1-2H3,(H2,26,27,29);(H,3,4)(H,5,6). The van der Waals surface area contributed by atoms with E-state index in [9.17, 15) is 4.79 Å². The van der Waals surface area contributed by atoms with Gasteiger partial charge in [0, 0.05) is 10.7 Å². The first kappa shape index (κ1) is 27.4. The molecule has 0 heterocycles. The van der Waals surface area contributed by atoms with Crippen LogP contribution in [0.15, 0.2) is 78.9 Å². The highest BCUT2D eigenvalue weighted by Crippen LogP contribution is 2.22. The van der Waals surface area contributed by atoms with Gasteiger partial charge in [0.15, 0.2) is 0 Å². The highest BCUT2D eigenvalue weighted by Gasteiger charge is 2.15. The van der Waals surface area contributed by atoms with Gasteiger partial charge in [-0.25, -0.2) is 14.4 Å². The van der Waals surface area contributed by atoms with Gasteiger partial charge in [-0.15, -0.1) is 0 Å². The number of carbonyl (C=O) groups is 3. The van der Waals surface area contributed by atoms with Crippen LogP contribution < -0.4 is 10.6 Å². The van der Waals surface area contributed by atoms with E-state index in [1.54, 1.807) is 0 Å². The highest BCUT2D eigenvalue weighted by molar-refractivity contribution is 6.30. The van der Waals surface area contributed by atoms with Gasteiger partial charge in [0.2, 0.25) is 0 Å². The minimum atomic E-state index is -1.82. The van der Waals surface area contributed by atoms with Crippen LogP contribution in [-0.2, 0) is 9.59 Å². The van der Waals surface area contributed by atoms with E-state index in [1.807, 2.05) is 80.8 Å². The lowest BCUT2D eigenvalue weighted by molar-refractivity contribution is -0.159. The molecule has 0 saturated carbocycles. The largest absolute Gasteiger partial charge is 0.473 e. The first-order chi connectivity index (χ1) is 16.7. The maximum Gasteiger partial charge on any atom is 0.414 e. The summed E-state index contributed by atoms with van der Waals surface area (Å²) in [6.45, 7) is 0.860. The number of amides is 2. The van der Waals surface area contributed by atoms with Crippen molar-refractivity contribution in [1.29, 1.82) is 0 Å². The summed E-state index contributed by atoms with van der Waals surface area (Å²) in [6.07, 6.45) is 0.801. The van der Waals surface area contributed by atoms with Gasteiger partial charge in [0.1, 0.15) is 0 Å². The molecule has 0 aromatic heterocycles. The van der Waals surface area contributed by atoms with Gasteiger partial charge >= 0.3 is 18.0 Å². The number of hydrogen-bond acceptors (Lipinski definition) is 4. The van der Waals surface area contributed by atoms with Gasteiger partial charge in [-0.1, -0.05) is 66.2 Å². The number of aliphatic carboxylic acids is 2. The van der Waals surface area contributed by atoms with E-state index >= 15 is 0 Å². The molecular weight excluding hydrogens is 470 g/mol. The molecule has 9 heteroatoms. The molecule has 4 N–H and O–H groups in total. The molecule has 0 fully saturated rings. The molecule has 1 atom stereocenters. The molecule has 0 saturated heterocycles. The second kappa shape index (κ2) is 13.7. The molecule has 35 heavy (non-hydrogen) atoms. The lowest BCUT2D eigenvalue weighted by Gasteiger charge is -2.21. The molecule has 3 aromatic carbocycles. The van der Waals surface area contributed by atoms with Gasteiger partial charge in [-0.05, 0) is 68.0 Å². The van der Waals surface area contributed by atoms with Crippen molar-refractivity contribution < 1.29 is 24.6 Å². The lowest BCUT2D eigenvalue weighted by Crippen LogP contribution is -2.34. The Morgan fingerprint density at radius 1 is 0.829 bits per heavy atom. The number of halogens is 1. The maximum atomic E-state index is 12.6. The monoisotopic (exact) mass is 497 g/mol. The quantitative estimate of drug-likeness (QED) is 0.342. The predicted octanol–water partition coefficient (Wildman–Crippen LogP) is 4.98. The maximum absolute atomic E-state index is 12.6. The van der Waals surface area contributed by atoms with Crippen molar-refractivity contribution in [3.05, 3.63) is 89.4 Å². The number of rotatable bonds is 7. The number of hydrogen-bond donors (Lipinski definition) is 4. The summed E-state index contributed by atoms with van der Waals surface area (Å²) in [4.78, 5) is 32.9.